The summed E-state index contributed by atoms with van der Waals surface area (Å²) in [6.07, 6.45) is 0. The van der Waals surface area contributed by atoms with Crippen LogP contribution in [-0.2, 0) is 31.6 Å². The number of hydrogen-bond acceptors (Lipinski definition) is 5. The number of imide groups is 1. The number of fused-ring (bicyclic) bond motifs is 1. The van der Waals surface area contributed by atoms with Gasteiger partial charge >= 0.3 is 6.03 Å². The van der Waals surface area contributed by atoms with E-state index in [0.29, 0.717) is 31.9 Å². The number of ether oxygens (including phenoxy) is 1. The van der Waals surface area contributed by atoms with E-state index in [9.17, 15) is 18.0 Å². The number of rotatable bonds is 5. The Balaban J connectivity index is 1.43. The summed E-state index contributed by atoms with van der Waals surface area (Å²) < 4.78 is 32.7. The molecule has 2 aliphatic heterocycles. The molecule has 2 heterocycles. The predicted molar refractivity (Wildman–Crippen MR) is 126 cm³/mol. The molecule has 0 aromatic heterocycles. The lowest BCUT2D eigenvalue weighted by atomic mass is 9.88. The fraction of sp³-hybridized carbons (Fsp3) is 0.280. The first-order chi connectivity index (χ1) is 16.3. The van der Waals surface area contributed by atoms with Crippen molar-refractivity contribution in [2.45, 2.75) is 23.9 Å². The summed E-state index contributed by atoms with van der Waals surface area (Å²) in [5.41, 5.74) is 0.0465. The molecule has 0 spiro atoms. The van der Waals surface area contributed by atoms with E-state index in [1.54, 1.807) is 19.1 Å². The van der Waals surface area contributed by atoms with Crippen molar-refractivity contribution in [3.63, 3.8) is 0 Å². The molecule has 2 saturated heterocycles. The van der Waals surface area contributed by atoms with Crippen molar-refractivity contribution < 1.29 is 22.7 Å². The van der Waals surface area contributed by atoms with Gasteiger partial charge in [-0.25, -0.2) is 13.2 Å². The molecule has 3 aromatic rings. The highest BCUT2D eigenvalue weighted by molar-refractivity contribution is 7.89. The van der Waals surface area contributed by atoms with E-state index in [2.05, 4.69) is 5.32 Å². The maximum absolute atomic E-state index is 13.5. The van der Waals surface area contributed by atoms with E-state index in [4.69, 9.17) is 4.74 Å². The van der Waals surface area contributed by atoms with Gasteiger partial charge in [0.1, 0.15) is 5.54 Å². The lowest BCUT2D eigenvalue weighted by molar-refractivity contribution is -0.131. The summed E-state index contributed by atoms with van der Waals surface area (Å²) in [7, 11) is -3.69. The number of hydrogen-bond donors (Lipinski definition) is 1. The first-order valence-corrected chi connectivity index (χ1v) is 12.5. The number of carbonyl (C=O) groups excluding carboxylic acids is 2. The molecule has 2 fully saturated rings. The van der Waals surface area contributed by atoms with E-state index in [1.807, 2.05) is 42.5 Å². The molecule has 2 aliphatic rings. The third kappa shape index (κ3) is 3.75. The fourth-order valence-electron chi connectivity index (χ4n) is 4.61. The molecule has 3 amide bonds. The second-order valence-corrected chi connectivity index (χ2v) is 10.6. The van der Waals surface area contributed by atoms with Gasteiger partial charge in [0.25, 0.3) is 5.91 Å². The number of nitrogens with zero attached hydrogens (tertiary/aromatic N) is 2. The molecule has 0 saturated carbocycles. The van der Waals surface area contributed by atoms with Crippen LogP contribution < -0.4 is 5.32 Å². The predicted octanol–water partition coefficient (Wildman–Crippen LogP) is 2.83. The third-order valence-corrected chi connectivity index (χ3v) is 8.34. The van der Waals surface area contributed by atoms with Crippen molar-refractivity contribution >= 4 is 32.7 Å². The minimum atomic E-state index is -3.69. The van der Waals surface area contributed by atoms with Gasteiger partial charge in [0.05, 0.1) is 24.7 Å². The van der Waals surface area contributed by atoms with Gasteiger partial charge in [-0.05, 0) is 41.0 Å². The maximum atomic E-state index is 13.5. The first kappa shape index (κ1) is 22.5. The van der Waals surface area contributed by atoms with Crippen LogP contribution in [0, 0.1) is 0 Å². The molecule has 176 valence electrons. The SMILES string of the molecule is C[C@@]1(c2cccc3ccccc23)NC(=O)N(Cc2cccc(S(=O)(=O)N3CCOCC3)c2)C1=O. The summed E-state index contributed by atoms with van der Waals surface area (Å²) in [5, 5.41) is 4.72. The Morgan fingerprint density at radius 1 is 0.971 bits per heavy atom. The smallest absolute Gasteiger partial charge is 0.325 e. The van der Waals surface area contributed by atoms with Crippen LogP contribution in [0.1, 0.15) is 18.1 Å². The van der Waals surface area contributed by atoms with Crippen molar-refractivity contribution in [1.82, 2.24) is 14.5 Å². The largest absolute Gasteiger partial charge is 0.379 e. The molecule has 0 unspecified atom stereocenters. The average molecular weight is 480 g/mol. The van der Waals surface area contributed by atoms with Crippen molar-refractivity contribution in [3.05, 3.63) is 77.9 Å². The van der Waals surface area contributed by atoms with Gasteiger partial charge in [-0.2, -0.15) is 4.31 Å². The normalized spacial score (nSPS) is 21.7. The fourth-order valence-corrected chi connectivity index (χ4v) is 6.09. The molecule has 5 rings (SSSR count). The summed E-state index contributed by atoms with van der Waals surface area (Å²) in [5.74, 6) is -0.379. The standard InChI is InChI=1S/C25H25N3O5S/c1-25(22-11-5-8-19-7-2-3-10-21(19)22)23(29)28(24(30)26-25)17-18-6-4-9-20(16-18)34(31,32)27-12-14-33-15-13-27/h2-11,16H,12-15,17H2,1H3,(H,26,30)/t25-/m0/s1. The number of amides is 3. The molecule has 0 bridgehead atoms. The Kier molecular flexibility index (Phi) is 5.63. The monoisotopic (exact) mass is 479 g/mol. The summed E-state index contributed by atoms with van der Waals surface area (Å²) in [6, 6.07) is 19.3. The molecular formula is C25H25N3O5S. The van der Waals surface area contributed by atoms with Crippen molar-refractivity contribution in [3.8, 4) is 0 Å². The number of nitrogens with one attached hydrogen (secondary N) is 1. The minimum absolute atomic E-state index is 0.0303. The lowest BCUT2D eigenvalue weighted by Crippen LogP contribution is -2.41. The van der Waals surface area contributed by atoms with Crippen LogP contribution in [0.2, 0.25) is 0 Å². The zero-order valence-electron chi connectivity index (χ0n) is 18.7. The third-order valence-electron chi connectivity index (χ3n) is 6.45. The highest BCUT2D eigenvalue weighted by Gasteiger charge is 2.49. The highest BCUT2D eigenvalue weighted by atomic mass is 32.2. The van der Waals surface area contributed by atoms with Gasteiger partial charge in [0.15, 0.2) is 0 Å². The number of sulfonamides is 1. The summed E-state index contributed by atoms with van der Waals surface area (Å²) in [6.45, 7) is 2.97. The van der Waals surface area contributed by atoms with E-state index >= 15 is 0 Å². The Labute approximate surface area is 198 Å². The van der Waals surface area contributed by atoms with Crippen LogP contribution >= 0.6 is 0 Å². The quantitative estimate of drug-likeness (QED) is 0.568. The number of morpholine rings is 1. The molecule has 0 aliphatic carbocycles. The van der Waals surface area contributed by atoms with Gasteiger partial charge in [-0.1, -0.05) is 54.6 Å². The van der Waals surface area contributed by atoms with Gasteiger partial charge in [-0.15, -0.1) is 0 Å². The second-order valence-electron chi connectivity index (χ2n) is 8.64. The number of carbonyl (C=O) groups is 2. The lowest BCUT2D eigenvalue weighted by Gasteiger charge is -2.26. The topological polar surface area (TPSA) is 96.0 Å². The summed E-state index contributed by atoms with van der Waals surface area (Å²) in [4.78, 5) is 27.7. The van der Waals surface area contributed by atoms with E-state index in [1.165, 1.54) is 16.4 Å². The Bertz CT molecular complexity index is 1380. The van der Waals surface area contributed by atoms with E-state index in [0.717, 1.165) is 21.2 Å². The van der Waals surface area contributed by atoms with Gasteiger partial charge in [0, 0.05) is 13.1 Å². The van der Waals surface area contributed by atoms with Crippen LogP contribution in [0.15, 0.2) is 71.6 Å². The minimum Gasteiger partial charge on any atom is -0.379 e. The molecular weight excluding hydrogens is 454 g/mol. The number of urea groups is 1. The van der Waals surface area contributed by atoms with Gasteiger partial charge < -0.3 is 10.1 Å². The highest BCUT2D eigenvalue weighted by Crippen LogP contribution is 2.34. The zero-order valence-corrected chi connectivity index (χ0v) is 19.5. The number of benzene rings is 3. The van der Waals surface area contributed by atoms with Crippen molar-refractivity contribution in [1.29, 1.82) is 0 Å². The molecule has 3 aromatic carbocycles. The van der Waals surface area contributed by atoms with Gasteiger partial charge in [0.2, 0.25) is 10.0 Å². The molecule has 34 heavy (non-hydrogen) atoms. The summed E-state index contributed by atoms with van der Waals surface area (Å²) >= 11 is 0. The van der Waals surface area contributed by atoms with Crippen molar-refractivity contribution in [2.24, 2.45) is 0 Å². The molecule has 0 radical (unpaired) electrons. The van der Waals surface area contributed by atoms with Crippen LogP contribution in [0.25, 0.3) is 10.8 Å². The van der Waals surface area contributed by atoms with E-state index in [-0.39, 0.29) is 17.3 Å². The maximum Gasteiger partial charge on any atom is 0.325 e. The van der Waals surface area contributed by atoms with Crippen molar-refractivity contribution in [2.75, 3.05) is 26.3 Å². The van der Waals surface area contributed by atoms with Gasteiger partial charge in [-0.3, -0.25) is 9.69 Å². The van der Waals surface area contributed by atoms with Crippen LogP contribution in [0.3, 0.4) is 0 Å². The van der Waals surface area contributed by atoms with Crippen LogP contribution in [0.4, 0.5) is 4.79 Å². The zero-order chi connectivity index (χ0) is 23.9. The Morgan fingerprint density at radius 2 is 1.68 bits per heavy atom. The molecule has 8 nitrogen and oxygen atoms in total. The molecule has 9 heteroatoms. The Hall–Kier alpha value is -3.27. The average Bonchev–Trinajstić information content (AvgIpc) is 3.08. The van der Waals surface area contributed by atoms with Crippen LogP contribution in [0.5, 0.6) is 0 Å². The Morgan fingerprint density at radius 3 is 2.47 bits per heavy atom. The second kappa shape index (κ2) is 8.50. The van der Waals surface area contributed by atoms with E-state index < -0.39 is 21.6 Å². The van der Waals surface area contributed by atoms with Crippen LogP contribution in [-0.4, -0.2) is 55.9 Å². The first-order valence-electron chi connectivity index (χ1n) is 11.1. The molecule has 1 N–H and O–H groups in total. The molecule has 1 atom stereocenters.